The molecule has 0 aromatic heterocycles. The highest BCUT2D eigenvalue weighted by molar-refractivity contribution is 7.91. The van der Waals surface area contributed by atoms with E-state index in [0.29, 0.717) is 90.6 Å². The largest absolute Gasteiger partial charge is 0.490 e. The second kappa shape index (κ2) is 30.8. The molecule has 11 rings (SSSR count). The summed E-state index contributed by atoms with van der Waals surface area (Å²) in [7, 11) is 2.50. The van der Waals surface area contributed by atoms with E-state index in [1.807, 2.05) is 68.3 Å². The molecule has 1 spiro atoms. The number of allylic oxidation sites excluding steroid dienone is 2. The second-order valence-corrected chi connectivity index (χ2v) is 35.9. The van der Waals surface area contributed by atoms with Crippen LogP contribution in [0.5, 0.6) is 11.5 Å². The van der Waals surface area contributed by atoms with Crippen LogP contribution in [0.4, 0.5) is 11.4 Å². The summed E-state index contributed by atoms with van der Waals surface area (Å²) in [6.07, 6.45) is 14.3. The number of fused-ring (bicyclic) bond motifs is 7. The first-order chi connectivity index (χ1) is 47.8. The fourth-order valence-corrected chi connectivity index (χ4v) is 19.4. The molecule has 550 valence electrons. The minimum atomic E-state index is -4.35. The maximum Gasteiger partial charge on any atom is 0.264 e. The number of carbonyl (C=O) groups excluding carboxylic acids is 4. The van der Waals surface area contributed by atoms with Gasteiger partial charge in [-0.25, -0.2) is 26.3 Å². The second-order valence-electron chi connectivity index (χ2n) is 31.0. The Hall–Kier alpha value is -6.24. The van der Waals surface area contributed by atoms with Crippen LogP contribution in [0.3, 0.4) is 0 Å². The van der Waals surface area contributed by atoms with Gasteiger partial charge < -0.3 is 49.1 Å². The Morgan fingerprint density at radius 1 is 0.644 bits per heavy atom. The van der Waals surface area contributed by atoms with Crippen molar-refractivity contribution >= 4 is 78.3 Å². The van der Waals surface area contributed by atoms with Gasteiger partial charge in [-0.3, -0.25) is 19.2 Å². The molecule has 2 saturated carbocycles. The molecular weight excluding hydrogens is 1360 g/mol. The molecule has 3 aliphatic carbocycles. The molecular formula is C77H104Cl2N8O12S2. The summed E-state index contributed by atoms with van der Waals surface area (Å²) in [5, 5.41) is 25.8. The zero-order valence-corrected chi connectivity index (χ0v) is 63.5. The highest BCUT2D eigenvalue weighted by Gasteiger charge is 2.51. The molecule has 0 radical (unpaired) electrons. The van der Waals surface area contributed by atoms with Gasteiger partial charge in [-0.15, -0.1) is 0 Å². The maximum atomic E-state index is 15.6. The molecule has 0 saturated heterocycles. The highest BCUT2D eigenvalue weighted by Crippen LogP contribution is 2.52. The van der Waals surface area contributed by atoms with Crippen LogP contribution in [0.15, 0.2) is 91.0 Å². The summed E-state index contributed by atoms with van der Waals surface area (Å²) in [5.74, 6) is -3.37. The van der Waals surface area contributed by atoms with Gasteiger partial charge in [0.2, 0.25) is 31.9 Å². The molecule has 24 heteroatoms. The zero-order valence-electron chi connectivity index (χ0n) is 60.4. The molecule has 20 nitrogen and oxygen atoms in total. The Labute approximate surface area is 608 Å². The van der Waals surface area contributed by atoms with E-state index in [4.69, 9.17) is 32.7 Å². The van der Waals surface area contributed by atoms with E-state index in [-0.39, 0.29) is 86.1 Å². The van der Waals surface area contributed by atoms with Crippen LogP contribution >= 0.6 is 23.2 Å². The van der Waals surface area contributed by atoms with E-state index >= 15 is 9.59 Å². The fourth-order valence-electron chi connectivity index (χ4n) is 16.5. The number of hydrogen-bond donors (Lipinski definition) is 4. The third kappa shape index (κ3) is 16.6. The minimum absolute atomic E-state index is 0.0160. The van der Waals surface area contributed by atoms with Gasteiger partial charge in [-0.05, 0) is 231 Å². The van der Waals surface area contributed by atoms with Crippen molar-refractivity contribution in [3.8, 4) is 11.5 Å². The van der Waals surface area contributed by atoms with Crippen molar-refractivity contribution in [2.75, 3.05) is 105 Å². The molecule has 4 aromatic carbocycles. The van der Waals surface area contributed by atoms with Gasteiger partial charge in [-0.2, -0.15) is 0 Å². The third-order valence-electron chi connectivity index (χ3n) is 23.6. The van der Waals surface area contributed by atoms with Crippen LogP contribution in [0.1, 0.15) is 159 Å². The van der Waals surface area contributed by atoms with E-state index in [1.54, 1.807) is 106 Å². The molecule has 2 fully saturated rings. The number of sulfonamides is 2. The van der Waals surface area contributed by atoms with Crippen molar-refractivity contribution in [2.45, 2.75) is 157 Å². The molecule has 1 unspecified atom stereocenters. The number of likely N-dealkylation sites (N-methyl/N-ethyl adjacent to an activating group) is 4. The molecule has 4 aliphatic heterocycles. The van der Waals surface area contributed by atoms with Crippen molar-refractivity contribution < 1.29 is 55.7 Å². The lowest BCUT2D eigenvalue weighted by Gasteiger charge is -2.49. The quantitative estimate of drug-likeness (QED) is 0.102. The predicted octanol–water partition coefficient (Wildman–Crippen LogP) is 10.4. The zero-order chi connectivity index (χ0) is 72.7. The van der Waals surface area contributed by atoms with Crippen LogP contribution in [-0.4, -0.2) is 187 Å². The van der Waals surface area contributed by atoms with E-state index in [9.17, 15) is 36.6 Å². The van der Waals surface area contributed by atoms with E-state index in [2.05, 4.69) is 25.3 Å². The van der Waals surface area contributed by atoms with Gasteiger partial charge in [-0.1, -0.05) is 73.5 Å². The number of benzene rings is 4. The number of nitrogens with zero attached hydrogens (tertiary/aromatic N) is 6. The Bertz CT molecular complexity index is 4060. The van der Waals surface area contributed by atoms with Gasteiger partial charge in [0.05, 0.1) is 58.6 Å². The number of rotatable bonds is 11. The molecule has 101 heavy (non-hydrogen) atoms. The van der Waals surface area contributed by atoms with Crippen LogP contribution in [0, 0.1) is 35.5 Å². The number of halogens is 2. The molecule has 12 atom stereocenters. The highest BCUT2D eigenvalue weighted by atomic mass is 35.5. The average Bonchev–Trinajstić information content (AvgIpc) is 1.69. The summed E-state index contributed by atoms with van der Waals surface area (Å²) in [6.45, 7) is 10.0. The Morgan fingerprint density at radius 3 is 1.82 bits per heavy atom. The monoisotopic (exact) mass is 1470 g/mol. The molecule has 7 aliphatic rings. The molecule has 4 N–H and O–H groups in total. The number of aryl methyl sites for hydroxylation is 2. The van der Waals surface area contributed by atoms with Crippen molar-refractivity contribution in [1.82, 2.24) is 29.0 Å². The van der Waals surface area contributed by atoms with E-state index < -0.39 is 82.8 Å². The van der Waals surface area contributed by atoms with E-state index in [0.717, 1.165) is 73.6 Å². The first kappa shape index (κ1) is 75.9. The first-order valence-corrected chi connectivity index (χ1v) is 40.0. The lowest BCUT2D eigenvalue weighted by Crippen LogP contribution is -2.53. The standard InChI is InChI=1S/C77H104Cl2N8O12S2/c1-49-17-14-32-77(93,64-26-21-56(64)43-86-33-12-11-18-53-36-60(78)24-20-58(53)46-98-69-29-23-55(39-66(69)86)73(90)80-100(94,95)51(49)3)42-71(89)85(10)45-68(83(7)8)62-38-59-40-67-72(62)99-48-75(30-15-19-54-37-61(79)25-28-63(54)75)47-87(67)44-57-22-27-65(57)76(92,41-70(88)84(9)35-34-82(5)6)31-13-16-50(2)52(4)101(96,97)81-74(59)91/h13-14,20,23-25,28-29,31-32,36-40,49-52,56-57,64-65,68,92-93H,11-12,15-19,21-22,26-27,30,33-35,41-48H2,1-10H3,(H,80,90)(H,81,91)/b31-13+,32-14+/t49-,50-,51+,52+,56-,57-,64+,65+,68?,75-,76-,77+/m0/s1. The van der Waals surface area contributed by atoms with Crippen molar-refractivity contribution in [3.63, 3.8) is 0 Å². The number of carbonyl (C=O) groups is 4. The summed E-state index contributed by atoms with van der Waals surface area (Å²) in [4.78, 5) is 70.5. The average molecular weight is 1470 g/mol. The van der Waals surface area contributed by atoms with Gasteiger partial charge in [0.15, 0.2) is 0 Å². The van der Waals surface area contributed by atoms with Crippen molar-refractivity contribution in [1.29, 1.82) is 0 Å². The molecule has 4 bridgehead atoms. The molecule has 4 heterocycles. The topological polar surface area (TPSA) is 239 Å². The number of amides is 4. The van der Waals surface area contributed by atoms with Crippen molar-refractivity contribution in [3.05, 3.63) is 140 Å². The van der Waals surface area contributed by atoms with Gasteiger partial charge in [0, 0.05) is 92.1 Å². The number of nitrogens with one attached hydrogen (secondary N) is 2. The molecule has 4 aromatic rings. The predicted molar refractivity (Wildman–Crippen MR) is 397 cm³/mol. The van der Waals surface area contributed by atoms with Crippen LogP contribution in [-0.2, 0) is 54.5 Å². The van der Waals surface area contributed by atoms with Crippen LogP contribution in [0.2, 0.25) is 10.0 Å². The van der Waals surface area contributed by atoms with Crippen LogP contribution in [0.25, 0.3) is 0 Å². The smallest absolute Gasteiger partial charge is 0.264 e. The summed E-state index contributed by atoms with van der Waals surface area (Å²) in [5.41, 5.74) is 2.21. The Kier molecular flexibility index (Phi) is 23.2. The first-order valence-electron chi connectivity index (χ1n) is 36.1. The summed E-state index contributed by atoms with van der Waals surface area (Å²) >= 11 is 13.2. The van der Waals surface area contributed by atoms with E-state index in [1.165, 1.54) is 0 Å². The Balaban J connectivity index is 0.962. The van der Waals surface area contributed by atoms with Gasteiger partial charge in [0.1, 0.15) is 18.1 Å². The lowest BCUT2D eigenvalue weighted by atomic mass is 9.63. The van der Waals surface area contributed by atoms with Gasteiger partial charge >= 0.3 is 0 Å². The fraction of sp³-hybridized carbons (Fsp3) is 0.584. The number of ether oxygens (including phenoxy) is 2. The summed E-state index contributed by atoms with van der Waals surface area (Å²) < 4.78 is 76.0. The third-order valence-corrected chi connectivity index (χ3v) is 27.9. The Morgan fingerprint density at radius 2 is 1.22 bits per heavy atom. The summed E-state index contributed by atoms with van der Waals surface area (Å²) in [6, 6.07) is 19.5. The number of anilines is 2. The normalized spacial score (nSPS) is 29.9. The minimum Gasteiger partial charge on any atom is -0.490 e. The van der Waals surface area contributed by atoms with Gasteiger partial charge in [0.25, 0.3) is 11.8 Å². The lowest BCUT2D eigenvalue weighted by molar-refractivity contribution is -0.139. The SMILES string of the molecule is C[C@@H]1[C@@H](C)C/C=C/[C@@](O)(CC(=O)N(C)CC(c2cc3cc4c2OC[C@]2(CCCc5cc(Cl)ccc52)CN4C[C@@H]2CC[C@H]2[C@@](O)(CC(=O)N(C)CCN(C)C)/C=C/C[C@H](C)[C@@H](C)S(=O)(=O)NC3=O)N(C)C)[C@@H]2CC[C@H]2CN2CCCCc3cc(Cl)ccc3COc3ccc(cc32)C(=O)NS1(=O)=O. The maximum absolute atomic E-state index is 15.6. The number of hydrogen-bond acceptors (Lipinski definition) is 16. The number of aliphatic hydroxyl groups is 2. The molecule has 4 amide bonds. The van der Waals surface area contributed by atoms with Crippen LogP contribution < -0.4 is 28.7 Å². The van der Waals surface area contributed by atoms with Crippen molar-refractivity contribution in [2.24, 2.45) is 35.5 Å².